The van der Waals surface area contributed by atoms with E-state index in [0.717, 1.165) is 16.7 Å². The van der Waals surface area contributed by atoms with Gasteiger partial charge >= 0.3 is 5.97 Å². The largest absolute Gasteiger partial charge is 0.486 e. The average molecular weight is 526 g/mol. The molecule has 0 saturated carbocycles. The number of aromatic nitrogens is 2. The fourth-order valence-electron chi connectivity index (χ4n) is 4.13. The first kappa shape index (κ1) is 26.3. The third kappa shape index (κ3) is 5.80. The van der Waals surface area contributed by atoms with Gasteiger partial charge in [0.15, 0.2) is 4.90 Å². The third-order valence-electron chi connectivity index (χ3n) is 6.11. The van der Waals surface area contributed by atoms with Gasteiger partial charge in [0.05, 0.1) is 18.8 Å². The Kier molecular flexibility index (Phi) is 7.87. The highest BCUT2D eigenvalue weighted by atomic mass is 32.2. The minimum Gasteiger partial charge on any atom is -0.486 e. The van der Waals surface area contributed by atoms with Crippen molar-refractivity contribution in [3.05, 3.63) is 65.4 Å². The number of sulfonamides is 1. The third-order valence-corrected chi connectivity index (χ3v) is 7.87. The number of carbonyl (C=O) groups is 1. The molecular formula is C27H31N3O6S. The SMILES string of the molecule is CCOc1nn(CC)cc1S(=O)(=O)N1C[C@H](CCC(=O)O)Oc2ccc(/C=C/c3ccccc3C)cc21. The van der Waals surface area contributed by atoms with Crippen LogP contribution in [0.1, 0.15) is 43.4 Å². The van der Waals surface area contributed by atoms with Crippen molar-refractivity contribution in [1.82, 2.24) is 9.78 Å². The van der Waals surface area contributed by atoms with Crippen LogP contribution < -0.4 is 13.8 Å². The average Bonchev–Trinajstić information content (AvgIpc) is 3.30. The van der Waals surface area contributed by atoms with E-state index in [2.05, 4.69) is 5.10 Å². The number of benzene rings is 2. The van der Waals surface area contributed by atoms with Crippen molar-refractivity contribution >= 4 is 33.8 Å². The Labute approximate surface area is 217 Å². The van der Waals surface area contributed by atoms with Crippen LogP contribution in [0.15, 0.2) is 53.6 Å². The van der Waals surface area contributed by atoms with Gasteiger partial charge in [-0.3, -0.25) is 13.8 Å². The molecule has 0 unspecified atom stereocenters. The molecule has 37 heavy (non-hydrogen) atoms. The second kappa shape index (κ2) is 11.1. The highest BCUT2D eigenvalue weighted by Gasteiger charge is 2.37. The molecule has 0 amide bonds. The Morgan fingerprint density at radius 2 is 2.00 bits per heavy atom. The minimum atomic E-state index is -4.11. The lowest BCUT2D eigenvalue weighted by Gasteiger charge is -2.35. The fourth-order valence-corrected chi connectivity index (χ4v) is 5.71. The molecule has 0 aliphatic carbocycles. The minimum absolute atomic E-state index is 0.0313. The predicted molar refractivity (Wildman–Crippen MR) is 141 cm³/mol. The lowest BCUT2D eigenvalue weighted by atomic mass is 10.1. The topological polar surface area (TPSA) is 111 Å². The highest BCUT2D eigenvalue weighted by Crippen LogP contribution is 2.40. The molecule has 0 bridgehead atoms. The maximum absolute atomic E-state index is 14.0. The van der Waals surface area contributed by atoms with Crippen LogP contribution in [0.2, 0.25) is 0 Å². The number of rotatable bonds is 10. The van der Waals surface area contributed by atoms with Crippen LogP contribution >= 0.6 is 0 Å². The van der Waals surface area contributed by atoms with Gasteiger partial charge in [0, 0.05) is 19.2 Å². The van der Waals surface area contributed by atoms with Gasteiger partial charge in [-0.15, -0.1) is 5.10 Å². The van der Waals surface area contributed by atoms with Crippen molar-refractivity contribution in [2.24, 2.45) is 0 Å². The summed E-state index contributed by atoms with van der Waals surface area (Å²) in [5, 5.41) is 13.4. The number of ether oxygens (including phenoxy) is 2. The van der Waals surface area contributed by atoms with Crippen molar-refractivity contribution in [2.45, 2.75) is 51.2 Å². The van der Waals surface area contributed by atoms with Gasteiger partial charge in [-0.2, -0.15) is 0 Å². The molecule has 1 aromatic heterocycles. The molecule has 196 valence electrons. The summed E-state index contributed by atoms with van der Waals surface area (Å²) in [6, 6.07) is 13.3. The Morgan fingerprint density at radius 1 is 1.22 bits per heavy atom. The molecule has 1 atom stereocenters. The van der Waals surface area contributed by atoms with Gasteiger partial charge in [-0.1, -0.05) is 42.5 Å². The van der Waals surface area contributed by atoms with Crippen LogP contribution in [-0.4, -0.2) is 48.5 Å². The van der Waals surface area contributed by atoms with E-state index in [4.69, 9.17) is 14.6 Å². The van der Waals surface area contributed by atoms with Gasteiger partial charge in [0.2, 0.25) is 0 Å². The van der Waals surface area contributed by atoms with Gasteiger partial charge in [-0.25, -0.2) is 8.42 Å². The van der Waals surface area contributed by atoms with Crippen molar-refractivity contribution in [2.75, 3.05) is 17.5 Å². The molecule has 1 aliphatic rings. The van der Waals surface area contributed by atoms with E-state index in [9.17, 15) is 13.2 Å². The lowest BCUT2D eigenvalue weighted by Crippen LogP contribution is -2.43. The summed E-state index contributed by atoms with van der Waals surface area (Å²) in [4.78, 5) is 11.1. The van der Waals surface area contributed by atoms with Crippen LogP contribution in [0, 0.1) is 6.92 Å². The molecule has 0 radical (unpaired) electrons. The van der Waals surface area contributed by atoms with Gasteiger partial charge in [0.1, 0.15) is 11.9 Å². The summed E-state index contributed by atoms with van der Waals surface area (Å²) in [6.07, 6.45) is 4.77. The number of fused-ring (bicyclic) bond motifs is 1. The summed E-state index contributed by atoms with van der Waals surface area (Å²) in [7, 11) is -4.11. The monoisotopic (exact) mass is 525 g/mol. The number of carboxylic acid groups (broad SMARTS) is 1. The zero-order valence-corrected chi connectivity index (χ0v) is 21.9. The van der Waals surface area contributed by atoms with Crippen LogP contribution in [-0.2, 0) is 21.4 Å². The van der Waals surface area contributed by atoms with Crippen molar-refractivity contribution in [3.63, 3.8) is 0 Å². The Bertz CT molecular complexity index is 1410. The van der Waals surface area contributed by atoms with E-state index < -0.39 is 22.1 Å². The van der Waals surface area contributed by atoms with Crippen LogP contribution in [0.25, 0.3) is 12.2 Å². The lowest BCUT2D eigenvalue weighted by molar-refractivity contribution is -0.137. The summed E-state index contributed by atoms with van der Waals surface area (Å²) in [5.41, 5.74) is 3.36. The molecule has 9 nitrogen and oxygen atoms in total. The smallest absolute Gasteiger partial charge is 0.303 e. The summed E-state index contributed by atoms with van der Waals surface area (Å²) < 4.78 is 42.4. The first-order valence-corrected chi connectivity index (χ1v) is 13.7. The van der Waals surface area contributed by atoms with Gasteiger partial charge in [-0.05, 0) is 56.0 Å². The number of aryl methyl sites for hydroxylation is 2. The number of nitrogens with zero attached hydrogens (tertiary/aromatic N) is 3. The molecule has 1 aliphatic heterocycles. The standard InChI is InChI=1S/C27H31N3O6S/c1-4-29-18-25(27(28-29)35-5-2)37(33,34)30-17-22(13-15-26(31)32)36-24-14-11-20(16-23(24)30)10-12-21-9-7-6-8-19(21)3/h6-12,14,16,18,22H,4-5,13,15,17H2,1-3H3,(H,31,32)/b12-10+/t22-/m0/s1. The van der Waals surface area contributed by atoms with Crippen LogP contribution in [0.4, 0.5) is 5.69 Å². The second-order valence-electron chi connectivity index (χ2n) is 8.71. The van der Waals surface area contributed by atoms with E-state index in [1.807, 2.05) is 56.3 Å². The van der Waals surface area contributed by atoms with Gasteiger partial charge in [0.25, 0.3) is 15.9 Å². The van der Waals surface area contributed by atoms with E-state index in [-0.39, 0.29) is 36.8 Å². The molecule has 10 heteroatoms. The first-order valence-electron chi connectivity index (χ1n) is 12.2. The zero-order chi connectivity index (χ0) is 26.6. The number of hydrogen-bond acceptors (Lipinski definition) is 6. The molecule has 3 aromatic rings. The second-order valence-corrected chi connectivity index (χ2v) is 10.5. The molecule has 1 N–H and O–H groups in total. The molecule has 0 saturated heterocycles. The van der Waals surface area contributed by atoms with E-state index >= 15 is 0 Å². The molecule has 2 aromatic carbocycles. The maximum atomic E-state index is 14.0. The summed E-state index contributed by atoms with van der Waals surface area (Å²) in [5.74, 6) is -0.558. The van der Waals surface area contributed by atoms with Crippen LogP contribution in [0.5, 0.6) is 11.6 Å². The predicted octanol–water partition coefficient (Wildman–Crippen LogP) is 4.60. The normalized spacial score (nSPS) is 15.4. The molecular weight excluding hydrogens is 494 g/mol. The highest BCUT2D eigenvalue weighted by molar-refractivity contribution is 7.93. The molecule has 2 heterocycles. The molecule has 0 spiro atoms. The summed E-state index contributed by atoms with van der Waals surface area (Å²) >= 11 is 0. The molecule has 4 rings (SSSR count). The number of hydrogen-bond donors (Lipinski definition) is 1. The Balaban J connectivity index is 1.76. The summed E-state index contributed by atoms with van der Waals surface area (Å²) in [6.45, 7) is 6.36. The van der Waals surface area contributed by atoms with E-state index in [1.54, 1.807) is 19.1 Å². The van der Waals surface area contributed by atoms with E-state index in [0.29, 0.717) is 18.0 Å². The fraction of sp³-hybridized carbons (Fsp3) is 0.333. The number of aliphatic carboxylic acids is 1. The molecule has 0 fully saturated rings. The maximum Gasteiger partial charge on any atom is 0.303 e. The van der Waals surface area contributed by atoms with Crippen LogP contribution in [0.3, 0.4) is 0 Å². The first-order chi connectivity index (χ1) is 17.7. The van der Waals surface area contributed by atoms with Gasteiger partial charge < -0.3 is 14.6 Å². The number of carboxylic acids is 1. The van der Waals surface area contributed by atoms with Crippen molar-refractivity contribution < 1.29 is 27.8 Å². The Morgan fingerprint density at radius 3 is 2.70 bits per heavy atom. The quantitative estimate of drug-likeness (QED) is 0.385. The zero-order valence-electron chi connectivity index (χ0n) is 21.1. The van der Waals surface area contributed by atoms with Crippen molar-refractivity contribution in [3.8, 4) is 11.6 Å². The Hall–Kier alpha value is -3.79. The van der Waals surface area contributed by atoms with E-state index in [1.165, 1.54) is 15.2 Å². The van der Waals surface area contributed by atoms with Crippen molar-refractivity contribution in [1.29, 1.82) is 0 Å². The number of anilines is 1.